The summed E-state index contributed by atoms with van der Waals surface area (Å²) in [5.74, 6) is 1.90. The van der Waals surface area contributed by atoms with Gasteiger partial charge in [0.1, 0.15) is 11.6 Å². The van der Waals surface area contributed by atoms with Crippen molar-refractivity contribution in [1.82, 2.24) is 14.9 Å². The molecule has 1 aromatic carbocycles. The first-order valence-corrected chi connectivity index (χ1v) is 10.8. The van der Waals surface area contributed by atoms with E-state index < -0.39 is 0 Å². The molecule has 0 unspecified atom stereocenters. The van der Waals surface area contributed by atoms with E-state index in [0.717, 1.165) is 67.6 Å². The summed E-state index contributed by atoms with van der Waals surface area (Å²) >= 11 is 0. The van der Waals surface area contributed by atoms with Crippen LogP contribution in [0.2, 0.25) is 0 Å². The van der Waals surface area contributed by atoms with Crippen LogP contribution in [0.25, 0.3) is 0 Å². The zero-order valence-electron chi connectivity index (χ0n) is 18.2. The lowest BCUT2D eigenvalue weighted by Gasteiger charge is -2.38. The Balaban J connectivity index is 1.43. The number of anilines is 2. The summed E-state index contributed by atoms with van der Waals surface area (Å²) in [7, 11) is 1.94. The summed E-state index contributed by atoms with van der Waals surface area (Å²) < 4.78 is 5.47. The van der Waals surface area contributed by atoms with E-state index in [2.05, 4.69) is 25.8 Å². The molecule has 2 aromatic rings. The highest BCUT2D eigenvalue weighted by Gasteiger charge is 2.28. The van der Waals surface area contributed by atoms with Crippen LogP contribution in [0.5, 0.6) is 0 Å². The number of carbonyl (C=O) groups is 1. The number of hydrogen-bond acceptors (Lipinski definition) is 6. The van der Waals surface area contributed by atoms with Crippen molar-refractivity contribution in [3.63, 3.8) is 0 Å². The molecule has 0 spiro atoms. The highest BCUT2D eigenvalue weighted by atomic mass is 16.5. The normalized spacial score (nSPS) is 17.8. The molecular formula is C23H31N5O2. The fraction of sp³-hybridized carbons (Fsp3) is 0.522. The Morgan fingerprint density at radius 2 is 1.73 bits per heavy atom. The summed E-state index contributed by atoms with van der Waals surface area (Å²) in [6, 6.07) is 10.2. The van der Waals surface area contributed by atoms with Gasteiger partial charge >= 0.3 is 0 Å². The van der Waals surface area contributed by atoms with E-state index in [1.807, 2.05) is 50.1 Å². The highest BCUT2D eigenvalue weighted by Crippen LogP contribution is 2.26. The molecule has 2 fully saturated rings. The second-order valence-corrected chi connectivity index (χ2v) is 8.17. The van der Waals surface area contributed by atoms with Crippen molar-refractivity contribution in [3.05, 3.63) is 47.4 Å². The van der Waals surface area contributed by atoms with Crippen LogP contribution in [0, 0.1) is 13.8 Å². The van der Waals surface area contributed by atoms with Gasteiger partial charge in [0, 0.05) is 56.7 Å². The number of nitrogens with zero attached hydrogens (tertiary/aromatic N) is 5. The van der Waals surface area contributed by atoms with Crippen LogP contribution in [-0.4, -0.2) is 73.3 Å². The first kappa shape index (κ1) is 20.6. The van der Waals surface area contributed by atoms with Crippen molar-refractivity contribution in [3.8, 4) is 0 Å². The van der Waals surface area contributed by atoms with Gasteiger partial charge in [0.2, 0.25) is 0 Å². The largest absolute Gasteiger partial charge is 0.378 e. The van der Waals surface area contributed by atoms with E-state index in [1.165, 1.54) is 0 Å². The summed E-state index contributed by atoms with van der Waals surface area (Å²) in [4.78, 5) is 28.8. The van der Waals surface area contributed by atoms with Crippen LogP contribution >= 0.6 is 0 Å². The number of para-hydroxylation sites is 1. The lowest BCUT2D eigenvalue weighted by molar-refractivity contribution is 0.0708. The van der Waals surface area contributed by atoms with E-state index in [0.29, 0.717) is 13.2 Å². The number of hydrogen-bond donors (Lipinski definition) is 0. The van der Waals surface area contributed by atoms with Gasteiger partial charge in [-0.15, -0.1) is 0 Å². The highest BCUT2D eigenvalue weighted by molar-refractivity contribution is 5.99. The molecular weight excluding hydrogens is 378 g/mol. The standard InChI is InChI=1S/C23H31N5O2/c1-17-16-22(25-18(2)24-17)28-10-8-19(9-11-28)26(3)23(29)20-6-4-5-7-21(20)27-12-14-30-15-13-27/h4-7,16,19H,8-15H2,1-3H3. The molecule has 2 aliphatic heterocycles. The molecule has 0 bridgehead atoms. The Morgan fingerprint density at radius 3 is 2.43 bits per heavy atom. The lowest BCUT2D eigenvalue weighted by atomic mass is 10.0. The smallest absolute Gasteiger partial charge is 0.255 e. The van der Waals surface area contributed by atoms with Crippen LogP contribution in [-0.2, 0) is 4.74 Å². The predicted octanol–water partition coefficient (Wildman–Crippen LogP) is 2.67. The number of rotatable bonds is 4. The van der Waals surface area contributed by atoms with Gasteiger partial charge in [0.25, 0.3) is 5.91 Å². The van der Waals surface area contributed by atoms with E-state index in [9.17, 15) is 4.79 Å². The van der Waals surface area contributed by atoms with E-state index in [4.69, 9.17) is 4.74 Å². The second-order valence-electron chi connectivity index (χ2n) is 8.17. The number of benzene rings is 1. The van der Waals surface area contributed by atoms with Crippen molar-refractivity contribution in [1.29, 1.82) is 0 Å². The Labute approximate surface area is 178 Å². The summed E-state index contributed by atoms with van der Waals surface area (Å²) in [6.07, 6.45) is 1.87. The molecule has 30 heavy (non-hydrogen) atoms. The van der Waals surface area contributed by atoms with Gasteiger partial charge in [0.05, 0.1) is 18.8 Å². The van der Waals surface area contributed by atoms with Gasteiger partial charge in [-0.05, 0) is 38.8 Å². The minimum absolute atomic E-state index is 0.101. The molecule has 0 atom stereocenters. The third kappa shape index (κ3) is 4.41. The fourth-order valence-electron chi connectivity index (χ4n) is 4.43. The quantitative estimate of drug-likeness (QED) is 0.774. The van der Waals surface area contributed by atoms with Gasteiger partial charge in [-0.3, -0.25) is 4.79 Å². The van der Waals surface area contributed by atoms with Crippen molar-refractivity contribution >= 4 is 17.4 Å². The molecule has 0 N–H and O–H groups in total. The third-order valence-corrected chi connectivity index (χ3v) is 6.10. The van der Waals surface area contributed by atoms with E-state index in [-0.39, 0.29) is 11.9 Å². The first-order chi connectivity index (χ1) is 14.5. The fourth-order valence-corrected chi connectivity index (χ4v) is 4.43. The Hall–Kier alpha value is -2.67. The average Bonchev–Trinajstić information content (AvgIpc) is 2.78. The molecule has 160 valence electrons. The number of aryl methyl sites for hydroxylation is 2. The molecule has 0 saturated carbocycles. The minimum Gasteiger partial charge on any atom is -0.378 e. The molecule has 1 amide bonds. The molecule has 7 nitrogen and oxygen atoms in total. The van der Waals surface area contributed by atoms with Crippen LogP contribution in [0.3, 0.4) is 0 Å². The van der Waals surface area contributed by atoms with Gasteiger partial charge in [-0.1, -0.05) is 12.1 Å². The summed E-state index contributed by atoms with van der Waals surface area (Å²) in [5, 5.41) is 0. The molecule has 4 rings (SSSR count). The maximum absolute atomic E-state index is 13.4. The number of amides is 1. The molecule has 0 radical (unpaired) electrons. The van der Waals surface area contributed by atoms with Crippen LogP contribution in [0.1, 0.15) is 34.7 Å². The van der Waals surface area contributed by atoms with Gasteiger partial charge in [-0.2, -0.15) is 0 Å². The maximum Gasteiger partial charge on any atom is 0.255 e. The van der Waals surface area contributed by atoms with Crippen molar-refractivity contribution in [2.24, 2.45) is 0 Å². The first-order valence-electron chi connectivity index (χ1n) is 10.8. The molecule has 1 aromatic heterocycles. The minimum atomic E-state index is 0.101. The molecule has 7 heteroatoms. The molecule has 0 aliphatic carbocycles. The Bertz CT molecular complexity index is 869. The number of aromatic nitrogens is 2. The number of ether oxygens (including phenoxy) is 1. The zero-order valence-corrected chi connectivity index (χ0v) is 18.2. The monoisotopic (exact) mass is 409 g/mol. The van der Waals surface area contributed by atoms with Gasteiger partial charge < -0.3 is 19.4 Å². The summed E-state index contributed by atoms with van der Waals surface area (Å²) in [5.41, 5.74) is 2.79. The van der Waals surface area contributed by atoms with Crippen LogP contribution in [0.4, 0.5) is 11.5 Å². The predicted molar refractivity (Wildman–Crippen MR) is 118 cm³/mol. The Morgan fingerprint density at radius 1 is 1.03 bits per heavy atom. The van der Waals surface area contributed by atoms with Crippen molar-refractivity contribution in [2.45, 2.75) is 32.7 Å². The molecule has 2 aliphatic rings. The zero-order chi connectivity index (χ0) is 21.1. The van der Waals surface area contributed by atoms with Gasteiger partial charge in [-0.25, -0.2) is 9.97 Å². The maximum atomic E-state index is 13.4. The van der Waals surface area contributed by atoms with Crippen molar-refractivity contribution < 1.29 is 9.53 Å². The number of piperidine rings is 1. The van der Waals surface area contributed by atoms with E-state index in [1.54, 1.807) is 0 Å². The van der Waals surface area contributed by atoms with E-state index >= 15 is 0 Å². The van der Waals surface area contributed by atoms with Gasteiger partial charge in [0.15, 0.2) is 0 Å². The lowest BCUT2D eigenvalue weighted by Crippen LogP contribution is -2.46. The molecule has 2 saturated heterocycles. The SMILES string of the molecule is Cc1cc(N2CCC(N(C)C(=O)c3ccccc3N3CCOCC3)CC2)nc(C)n1. The summed E-state index contributed by atoms with van der Waals surface area (Å²) in [6.45, 7) is 8.78. The topological polar surface area (TPSA) is 61.8 Å². The second kappa shape index (κ2) is 9.00. The number of carbonyl (C=O) groups excluding carboxylic acids is 1. The Kier molecular flexibility index (Phi) is 6.18. The number of morpholine rings is 1. The van der Waals surface area contributed by atoms with Crippen LogP contribution in [0.15, 0.2) is 30.3 Å². The molecule has 3 heterocycles. The third-order valence-electron chi connectivity index (χ3n) is 6.10. The van der Waals surface area contributed by atoms with Crippen molar-refractivity contribution in [2.75, 3.05) is 56.2 Å². The van der Waals surface area contributed by atoms with Crippen LogP contribution < -0.4 is 9.80 Å². The average molecular weight is 410 g/mol.